The van der Waals surface area contributed by atoms with Gasteiger partial charge in [-0.15, -0.1) is 0 Å². The lowest BCUT2D eigenvalue weighted by molar-refractivity contribution is -0.139. The first-order valence-electron chi connectivity index (χ1n) is 9.14. The van der Waals surface area contributed by atoms with Crippen molar-refractivity contribution in [3.8, 4) is 11.8 Å². The number of carbonyl (C=O) groups is 1. The molecule has 2 aromatic rings. The van der Waals surface area contributed by atoms with Crippen LogP contribution in [0.25, 0.3) is 0 Å². The molecule has 30 heavy (non-hydrogen) atoms. The molecule has 0 saturated carbocycles. The number of nitrogens with zero attached hydrogens (tertiary/aromatic N) is 3. The molecule has 1 unspecified atom stereocenters. The predicted octanol–water partition coefficient (Wildman–Crippen LogP) is 2.14. The van der Waals surface area contributed by atoms with Crippen molar-refractivity contribution in [2.45, 2.75) is 17.9 Å². The van der Waals surface area contributed by atoms with Crippen molar-refractivity contribution in [2.75, 3.05) is 26.2 Å². The van der Waals surface area contributed by atoms with Gasteiger partial charge in [0, 0.05) is 26.2 Å². The van der Waals surface area contributed by atoms with Gasteiger partial charge < -0.3 is 9.64 Å². The van der Waals surface area contributed by atoms with Gasteiger partial charge in [0.2, 0.25) is 10.0 Å². The minimum Gasteiger partial charge on any atom is -0.480 e. The molecule has 2 aromatic carbocycles. The second kappa shape index (κ2) is 8.77. The minimum atomic E-state index is -4.37. The van der Waals surface area contributed by atoms with Gasteiger partial charge in [0.15, 0.2) is 11.0 Å². The van der Waals surface area contributed by atoms with Crippen LogP contribution < -0.4 is 4.74 Å². The van der Waals surface area contributed by atoms with Crippen LogP contribution in [0.15, 0.2) is 47.4 Å². The molecule has 0 radical (unpaired) electrons. The number of sulfonamides is 1. The molecule has 1 aliphatic rings. The number of carbonyl (C=O) groups excluding carboxylic acids is 1. The highest BCUT2D eigenvalue weighted by Crippen LogP contribution is 2.24. The van der Waals surface area contributed by atoms with E-state index in [1.54, 1.807) is 24.3 Å². The Labute approximate surface area is 173 Å². The van der Waals surface area contributed by atoms with Crippen LogP contribution in [0.1, 0.15) is 12.5 Å². The number of halogens is 2. The highest BCUT2D eigenvalue weighted by atomic mass is 32.2. The monoisotopic (exact) mass is 435 g/mol. The number of amides is 1. The van der Waals surface area contributed by atoms with E-state index >= 15 is 0 Å². The fourth-order valence-corrected chi connectivity index (χ4v) is 4.70. The predicted molar refractivity (Wildman–Crippen MR) is 103 cm³/mol. The summed E-state index contributed by atoms with van der Waals surface area (Å²) in [6, 6.07) is 11.3. The van der Waals surface area contributed by atoms with Crippen LogP contribution in [-0.2, 0) is 14.8 Å². The fraction of sp³-hybridized carbons (Fsp3) is 0.300. The smallest absolute Gasteiger partial charge is 0.263 e. The molecule has 1 atom stereocenters. The molecule has 1 fully saturated rings. The van der Waals surface area contributed by atoms with Crippen LogP contribution in [-0.4, -0.2) is 55.8 Å². The largest absolute Gasteiger partial charge is 0.480 e. The standard InChI is InChI=1S/C20H19F2N3O4S/c1-14(29-18-8-3-2-5-15(18)13-23)20(26)24-9-11-25(12-10-24)30(27,28)19-16(21)6-4-7-17(19)22/h2-8,14H,9-12H2,1H3. The number of hydrogen-bond donors (Lipinski definition) is 0. The first-order valence-corrected chi connectivity index (χ1v) is 10.6. The van der Waals surface area contributed by atoms with Crippen molar-refractivity contribution < 1.29 is 26.7 Å². The third-order valence-electron chi connectivity index (χ3n) is 4.73. The van der Waals surface area contributed by atoms with Gasteiger partial charge >= 0.3 is 0 Å². The number of piperazine rings is 1. The molecule has 7 nitrogen and oxygen atoms in total. The van der Waals surface area contributed by atoms with Gasteiger partial charge in [-0.25, -0.2) is 17.2 Å². The van der Waals surface area contributed by atoms with Crippen LogP contribution in [0.4, 0.5) is 8.78 Å². The highest BCUT2D eigenvalue weighted by Gasteiger charge is 2.35. The van der Waals surface area contributed by atoms with Gasteiger partial charge in [-0.2, -0.15) is 9.57 Å². The van der Waals surface area contributed by atoms with Gasteiger partial charge in [0.05, 0.1) is 5.56 Å². The highest BCUT2D eigenvalue weighted by molar-refractivity contribution is 7.89. The van der Waals surface area contributed by atoms with E-state index in [-0.39, 0.29) is 37.8 Å². The molecule has 1 saturated heterocycles. The van der Waals surface area contributed by atoms with Crippen LogP contribution in [0.2, 0.25) is 0 Å². The number of hydrogen-bond acceptors (Lipinski definition) is 5. The summed E-state index contributed by atoms with van der Waals surface area (Å²) in [5.74, 6) is -2.42. The van der Waals surface area contributed by atoms with Crippen LogP contribution in [0.5, 0.6) is 5.75 Å². The lowest BCUT2D eigenvalue weighted by atomic mass is 10.2. The normalized spacial score (nSPS) is 16.0. The van der Waals surface area contributed by atoms with Crippen molar-refractivity contribution in [3.05, 3.63) is 59.7 Å². The molecule has 1 aliphatic heterocycles. The molecule has 0 N–H and O–H groups in total. The zero-order valence-electron chi connectivity index (χ0n) is 16.1. The molecule has 0 bridgehead atoms. The van der Waals surface area contributed by atoms with Gasteiger partial charge in [-0.3, -0.25) is 4.79 Å². The van der Waals surface area contributed by atoms with Crippen LogP contribution >= 0.6 is 0 Å². The lowest BCUT2D eigenvalue weighted by Crippen LogP contribution is -2.53. The molecule has 10 heteroatoms. The Morgan fingerprint density at radius 2 is 1.67 bits per heavy atom. The first-order chi connectivity index (χ1) is 14.3. The average molecular weight is 435 g/mol. The molecular formula is C20H19F2N3O4S. The van der Waals surface area contributed by atoms with Crippen molar-refractivity contribution in [3.63, 3.8) is 0 Å². The summed E-state index contributed by atoms with van der Waals surface area (Å²) in [4.78, 5) is 13.1. The first kappa shape index (κ1) is 21.7. The summed E-state index contributed by atoms with van der Waals surface area (Å²) in [7, 11) is -4.37. The van der Waals surface area contributed by atoms with E-state index in [1.807, 2.05) is 6.07 Å². The van der Waals surface area contributed by atoms with Gasteiger partial charge in [0.25, 0.3) is 5.91 Å². The molecule has 158 valence electrons. The molecular weight excluding hydrogens is 416 g/mol. The van der Waals surface area contributed by atoms with E-state index in [2.05, 4.69) is 0 Å². The lowest BCUT2D eigenvalue weighted by Gasteiger charge is -2.35. The molecule has 0 spiro atoms. The summed E-state index contributed by atoms with van der Waals surface area (Å²) < 4.78 is 59.7. The second-order valence-corrected chi connectivity index (χ2v) is 8.52. The third kappa shape index (κ3) is 4.27. The molecule has 3 rings (SSSR count). The summed E-state index contributed by atoms with van der Waals surface area (Å²) in [5.41, 5.74) is 0.292. The number of rotatable bonds is 5. The summed E-state index contributed by atoms with van der Waals surface area (Å²) in [5, 5.41) is 9.12. The van der Waals surface area contributed by atoms with Gasteiger partial charge in [0.1, 0.15) is 23.5 Å². The molecule has 1 amide bonds. The maximum absolute atomic E-state index is 13.9. The zero-order chi connectivity index (χ0) is 21.9. The Balaban J connectivity index is 1.66. The Morgan fingerprint density at radius 1 is 1.07 bits per heavy atom. The van der Waals surface area contributed by atoms with Crippen molar-refractivity contribution in [1.82, 2.24) is 9.21 Å². The van der Waals surface area contributed by atoms with Crippen LogP contribution in [0.3, 0.4) is 0 Å². The number of benzene rings is 2. The summed E-state index contributed by atoms with van der Waals surface area (Å²) in [6.45, 7) is 1.41. The SMILES string of the molecule is CC(Oc1ccccc1C#N)C(=O)N1CCN(S(=O)(=O)c2c(F)cccc2F)CC1. The van der Waals surface area contributed by atoms with Crippen molar-refractivity contribution >= 4 is 15.9 Å². The number of nitriles is 1. The summed E-state index contributed by atoms with van der Waals surface area (Å²) >= 11 is 0. The zero-order valence-corrected chi connectivity index (χ0v) is 16.9. The van der Waals surface area contributed by atoms with Gasteiger partial charge in [-0.05, 0) is 31.2 Å². The number of para-hydroxylation sites is 1. The Morgan fingerprint density at radius 3 is 2.27 bits per heavy atom. The van der Waals surface area contributed by atoms with E-state index in [4.69, 9.17) is 10.00 Å². The van der Waals surface area contributed by atoms with Crippen LogP contribution in [0, 0.1) is 23.0 Å². The van der Waals surface area contributed by atoms with E-state index in [1.165, 1.54) is 11.8 Å². The number of ether oxygens (including phenoxy) is 1. The maximum atomic E-state index is 13.9. The van der Waals surface area contributed by atoms with Gasteiger partial charge in [-0.1, -0.05) is 18.2 Å². The van der Waals surface area contributed by atoms with E-state index in [0.717, 1.165) is 22.5 Å². The quantitative estimate of drug-likeness (QED) is 0.718. The maximum Gasteiger partial charge on any atom is 0.263 e. The molecule has 0 aromatic heterocycles. The molecule has 0 aliphatic carbocycles. The topological polar surface area (TPSA) is 90.7 Å². The third-order valence-corrected chi connectivity index (χ3v) is 6.68. The van der Waals surface area contributed by atoms with Crippen molar-refractivity contribution in [1.29, 1.82) is 5.26 Å². The van der Waals surface area contributed by atoms with E-state index in [9.17, 15) is 22.0 Å². The molecule has 1 heterocycles. The van der Waals surface area contributed by atoms with Crippen molar-refractivity contribution in [2.24, 2.45) is 0 Å². The minimum absolute atomic E-state index is 0.0434. The second-order valence-electron chi connectivity index (χ2n) is 6.65. The summed E-state index contributed by atoms with van der Waals surface area (Å²) in [6.07, 6.45) is -0.897. The van der Waals surface area contributed by atoms with E-state index < -0.39 is 32.7 Å². The van der Waals surface area contributed by atoms with E-state index in [0.29, 0.717) is 5.56 Å². The Bertz CT molecular complexity index is 1070. The fourth-order valence-electron chi connectivity index (χ4n) is 3.17. The average Bonchev–Trinajstić information content (AvgIpc) is 2.73. The Hall–Kier alpha value is -3.03. The Kier molecular flexibility index (Phi) is 6.34.